The van der Waals surface area contributed by atoms with E-state index in [2.05, 4.69) is 16.2 Å². The van der Waals surface area contributed by atoms with E-state index < -0.39 is 16.9 Å². The first-order valence-electron chi connectivity index (χ1n) is 7.14. The zero-order valence-electron chi connectivity index (χ0n) is 13.0. The quantitative estimate of drug-likeness (QED) is 0.397. The SMILES string of the molecule is CCCCNC(=O)NNC(=O)COc1ccc([N+](=O)[O-])c(C)c1. The minimum Gasteiger partial charge on any atom is -0.484 e. The van der Waals surface area contributed by atoms with E-state index in [0.29, 0.717) is 17.9 Å². The summed E-state index contributed by atoms with van der Waals surface area (Å²) in [5.41, 5.74) is 4.79. The Bertz CT molecular complexity index is 576. The fourth-order valence-electron chi connectivity index (χ4n) is 1.66. The Morgan fingerprint density at radius 3 is 2.65 bits per heavy atom. The molecule has 0 saturated carbocycles. The standard InChI is InChI=1S/C14H20N4O5/c1-3-4-7-15-14(20)17-16-13(19)9-23-11-5-6-12(18(21)22)10(2)8-11/h5-6,8H,3-4,7,9H2,1-2H3,(H,16,19)(H2,15,17,20). The van der Waals surface area contributed by atoms with Crippen molar-refractivity contribution in [2.75, 3.05) is 13.2 Å². The Hall–Kier alpha value is -2.84. The lowest BCUT2D eigenvalue weighted by molar-refractivity contribution is -0.385. The number of amides is 3. The van der Waals surface area contributed by atoms with E-state index >= 15 is 0 Å². The third kappa shape index (κ3) is 6.64. The number of nitrogens with zero attached hydrogens (tertiary/aromatic N) is 1. The van der Waals surface area contributed by atoms with Crippen molar-refractivity contribution in [3.8, 4) is 5.75 Å². The molecule has 9 heteroatoms. The molecule has 0 heterocycles. The summed E-state index contributed by atoms with van der Waals surface area (Å²) in [6, 6.07) is 3.68. The number of hydrogen-bond acceptors (Lipinski definition) is 5. The Balaban J connectivity index is 2.34. The van der Waals surface area contributed by atoms with Crippen LogP contribution in [-0.2, 0) is 4.79 Å². The van der Waals surface area contributed by atoms with Crippen molar-refractivity contribution in [3.05, 3.63) is 33.9 Å². The molecule has 3 amide bonds. The normalized spacial score (nSPS) is 9.83. The van der Waals surface area contributed by atoms with Crippen LogP contribution in [0, 0.1) is 17.0 Å². The third-order valence-corrected chi connectivity index (χ3v) is 2.87. The van der Waals surface area contributed by atoms with Crippen molar-refractivity contribution in [3.63, 3.8) is 0 Å². The van der Waals surface area contributed by atoms with Crippen LogP contribution in [0.2, 0.25) is 0 Å². The molecule has 0 aliphatic rings. The van der Waals surface area contributed by atoms with Gasteiger partial charge in [-0.25, -0.2) is 10.2 Å². The van der Waals surface area contributed by atoms with Gasteiger partial charge in [0.1, 0.15) is 5.75 Å². The molecule has 9 nitrogen and oxygen atoms in total. The highest BCUT2D eigenvalue weighted by Crippen LogP contribution is 2.22. The number of carbonyl (C=O) groups excluding carboxylic acids is 2. The predicted octanol–water partition coefficient (Wildman–Crippen LogP) is 1.41. The highest BCUT2D eigenvalue weighted by atomic mass is 16.6. The van der Waals surface area contributed by atoms with Gasteiger partial charge in [0.2, 0.25) is 0 Å². The van der Waals surface area contributed by atoms with Crippen molar-refractivity contribution in [1.82, 2.24) is 16.2 Å². The maximum Gasteiger partial charge on any atom is 0.333 e. The van der Waals surface area contributed by atoms with Crippen LogP contribution in [0.5, 0.6) is 5.75 Å². The molecular weight excluding hydrogens is 304 g/mol. The highest BCUT2D eigenvalue weighted by Gasteiger charge is 2.11. The molecule has 0 spiro atoms. The molecule has 0 aromatic heterocycles. The van der Waals surface area contributed by atoms with E-state index in [1.54, 1.807) is 6.92 Å². The van der Waals surface area contributed by atoms with Crippen LogP contribution >= 0.6 is 0 Å². The number of unbranched alkanes of at least 4 members (excludes halogenated alkanes) is 1. The maximum absolute atomic E-state index is 11.5. The second-order valence-corrected chi connectivity index (χ2v) is 4.78. The number of benzene rings is 1. The van der Waals surface area contributed by atoms with Gasteiger partial charge in [-0.3, -0.25) is 20.3 Å². The van der Waals surface area contributed by atoms with Crippen LogP contribution < -0.4 is 20.9 Å². The van der Waals surface area contributed by atoms with E-state index in [1.165, 1.54) is 18.2 Å². The van der Waals surface area contributed by atoms with Gasteiger partial charge in [0, 0.05) is 18.2 Å². The molecule has 0 aliphatic heterocycles. The molecule has 1 aromatic carbocycles. The largest absolute Gasteiger partial charge is 0.484 e. The van der Waals surface area contributed by atoms with Gasteiger partial charge in [-0.15, -0.1) is 0 Å². The van der Waals surface area contributed by atoms with E-state index in [4.69, 9.17) is 4.74 Å². The lowest BCUT2D eigenvalue weighted by atomic mass is 10.2. The molecule has 0 radical (unpaired) electrons. The average Bonchev–Trinajstić information content (AvgIpc) is 2.51. The minimum absolute atomic E-state index is 0.0211. The molecule has 1 aromatic rings. The Morgan fingerprint density at radius 2 is 2.04 bits per heavy atom. The summed E-state index contributed by atoms with van der Waals surface area (Å²) in [6.45, 7) is 3.77. The summed E-state index contributed by atoms with van der Waals surface area (Å²) in [6.07, 6.45) is 1.80. The average molecular weight is 324 g/mol. The third-order valence-electron chi connectivity index (χ3n) is 2.87. The number of urea groups is 1. The molecular formula is C14H20N4O5. The van der Waals surface area contributed by atoms with Crippen molar-refractivity contribution in [2.45, 2.75) is 26.7 Å². The highest BCUT2D eigenvalue weighted by molar-refractivity contribution is 5.81. The number of ether oxygens (including phenoxy) is 1. The van der Waals surface area contributed by atoms with E-state index in [1.807, 2.05) is 6.92 Å². The van der Waals surface area contributed by atoms with Gasteiger partial charge in [0.25, 0.3) is 11.6 Å². The summed E-state index contributed by atoms with van der Waals surface area (Å²) < 4.78 is 5.21. The van der Waals surface area contributed by atoms with Crippen molar-refractivity contribution >= 4 is 17.6 Å². The summed E-state index contributed by atoms with van der Waals surface area (Å²) in [4.78, 5) is 33.0. The maximum atomic E-state index is 11.5. The van der Waals surface area contributed by atoms with Crippen LogP contribution in [0.25, 0.3) is 0 Å². The van der Waals surface area contributed by atoms with Gasteiger partial charge in [-0.05, 0) is 25.5 Å². The minimum atomic E-state index is -0.549. The van der Waals surface area contributed by atoms with Crippen molar-refractivity contribution in [1.29, 1.82) is 0 Å². The first-order valence-corrected chi connectivity index (χ1v) is 7.14. The fraction of sp³-hybridized carbons (Fsp3) is 0.429. The number of rotatable bonds is 7. The summed E-state index contributed by atoms with van der Waals surface area (Å²) in [7, 11) is 0. The van der Waals surface area contributed by atoms with Gasteiger partial charge in [-0.1, -0.05) is 13.3 Å². The van der Waals surface area contributed by atoms with Crippen molar-refractivity contribution in [2.24, 2.45) is 0 Å². The second-order valence-electron chi connectivity index (χ2n) is 4.78. The predicted molar refractivity (Wildman–Crippen MR) is 82.9 cm³/mol. The van der Waals surface area contributed by atoms with Crippen LogP contribution in [0.3, 0.4) is 0 Å². The van der Waals surface area contributed by atoms with Gasteiger partial charge in [-0.2, -0.15) is 0 Å². The zero-order valence-corrected chi connectivity index (χ0v) is 13.0. The summed E-state index contributed by atoms with van der Waals surface area (Å²) >= 11 is 0. The zero-order chi connectivity index (χ0) is 17.2. The van der Waals surface area contributed by atoms with Gasteiger partial charge in [0.05, 0.1) is 4.92 Å². The Kier molecular flexibility index (Phi) is 7.31. The molecule has 0 aliphatic carbocycles. The number of aryl methyl sites for hydroxylation is 1. The molecule has 0 bridgehead atoms. The van der Waals surface area contributed by atoms with Gasteiger partial charge >= 0.3 is 6.03 Å². The summed E-state index contributed by atoms with van der Waals surface area (Å²) in [5.74, 6) is -0.220. The van der Waals surface area contributed by atoms with E-state index in [0.717, 1.165) is 12.8 Å². The fourth-order valence-corrected chi connectivity index (χ4v) is 1.66. The van der Waals surface area contributed by atoms with Crippen LogP contribution in [0.1, 0.15) is 25.3 Å². The number of nitrogens with one attached hydrogen (secondary N) is 3. The van der Waals surface area contributed by atoms with Crippen LogP contribution in [0.4, 0.5) is 10.5 Å². The number of carbonyl (C=O) groups is 2. The molecule has 0 fully saturated rings. The number of hydrazine groups is 1. The number of nitro groups is 1. The molecule has 23 heavy (non-hydrogen) atoms. The lowest BCUT2D eigenvalue weighted by Gasteiger charge is -2.10. The van der Waals surface area contributed by atoms with Crippen molar-refractivity contribution < 1.29 is 19.2 Å². The van der Waals surface area contributed by atoms with E-state index in [9.17, 15) is 19.7 Å². The first kappa shape index (κ1) is 18.2. The Morgan fingerprint density at radius 1 is 1.30 bits per heavy atom. The Labute approximate surface area is 133 Å². The molecule has 0 unspecified atom stereocenters. The smallest absolute Gasteiger partial charge is 0.333 e. The molecule has 0 atom stereocenters. The molecule has 1 rings (SSSR count). The second kappa shape index (κ2) is 9.23. The first-order chi connectivity index (χ1) is 10.9. The number of hydrogen-bond donors (Lipinski definition) is 3. The van der Waals surface area contributed by atoms with E-state index in [-0.39, 0.29) is 12.3 Å². The summed E-state index contributed by atoms with van der Waals surface area (Å²) in [5, 5.41) is 13.3. The topological polar surface area (TPSA) is 123 Å². The lowest BCUT2D eigenvalue weighted by Crippen LogP contribution is -2.48. The number of nitro benzene ring substituents is 1. The molecule has 0 saturated heterocycles. The van der Waals surface area contributed by atoms with Crippen LogP contribution in [0.15, 0.2) is 18.2 Å². The monoisotopic (exact) mass is 324 g/mol. The molecule has 3 N–H and O–H groups in total. The van der Waals surface area contributed by atoms with Gasteiger partial charge in [0.15, 0.2) is 6.61 Å². The van der Waals surface area contributed by atoms with Gasteiger partial charge < -0.3 is 10.1 Å². The molecule has 126 valence electrons. The van der Waals surface area contributed by atoms with Crippen LogP contribution in [-0.4, -0.2) is 30.0 Å².